The van der Waals surface area contributed by atoms with Gasteiger partial charge in [0.1, 0.15) is 18.1 Å². The van der Waals surface area contributed by atoms with E-state index in [1.807, 2.05) is 77.5 Å². The van der Waals surface area contributed by atoms with Crippen LogP contribution in [0.4, 0.5) is 0 Å². The van der Waals surface area contributed by atoms with Gasteiger partial charge in [0.05, 0.1) is 33.1 Å². The normalized spacial score (nSPS) is 14.6. The Kier molecular flexibility index (Phi) is 9.15. The average Bonchev–Trinajstić information content (AvgIpc) is 3.44. The number of aromatic nitrogens is 2. The number of hydrogen-bond donors (Lipinski definition) is 1. The summed E-state index contributed by atoms with van der Waals surface area (Å²) < 4.78 is 24.7. The number of hydrogen-bond acceptors (Lipinski definition) is 7. The van der Waals surface area contributed by atoms with Crippen molar-refractivity contribution in [1.29, 1.82) is 0 Å². The molecule has 0 radical (unpaired) electrons. The monoisotopic (exact) mass is 544 g/mol. The molecular formula is C31H36N4O5. The van der Waals surface area contributed by atoms with Crippen molar-refractivity contribution in [1.82, 2.24) is 19.6 Å². The first-order valence-electron chi connectivity index (χ1n) is 13.6. The summed E-state index contributed by atoms with van der Waals surface area (Å²) >= 11 is 0. The van der Waals surface area contributed by atoms with E-state index >= 15 is 0 Å². The summed E-state index contributed by atoms with van der Waals surface area (Å²) in [5.74, 6) is 1.66. The van der Waals surface area contributed by atoms with Gasteiger partial charge in [-0.2, -0.15) is 0 Å². The van der Waals surface area contributed by atoms with Crippen molar-refractivity contribution in [2.24, 2.45) is 0 Å². The number of carbonyl (C=O) groups excluding carboxylic acids is 1. The van der Waals surface area contributed by atoms with E-state index < -0.39 is 0 Å². The molecule has 4 aromatic rings. The van der Waals surface area contributed by atoms with Crippen LogP contribution in [0.15, 0.2) is 73.1 Å². The third kappa shape index (κ3) is 6.73. The number of benzene rings is 2. The van der Waals surface area contributed by atoms with Crippen LogP contribution in [0.2, 0.25) is 0 Å². The van der Waals surface area contributed by atoms with Gasteiger partial charge in [-0.3, -0.25) is 9.69 Å². The molecule has 1 unspecified atom stereocenters. The Morgan fingerprint density at radius 2 is 1.77 bits per heavy atom. The summed E-state index contributed by atoms with van der Waals surface area (Å²) in [6, 6.07) is 19.6. The number of morpholine rings is 1. The van der Waals surface area contributed by atoms with Gasteiger partial charge in [-0.25, -0.2) is 4.98 Å². The van der Waals surface area contributed by atoms with Crippen LogP contribution in [0, 0.1) is 0 Å². The standard InChI is InChI=1S/C31H36N4O5/c1-37-25-17-24(18-26(19-25)38-2)27(20-30(36)32-10-12-34-13-15-39-16-14-34)28-21-33-31-29(9-6-11-35(28)31)40-22-23-7-4-3-5-8-23/h3-9,11,17-19,21,27H,10,12-16,20,22H2,1-2H3,(H,32,36). The minimum atomic E-state index is -0.299. The van der Waals surface area contributed by atoms with Crippen molar-refractivity contribution in [2.75, 3.05) is 53.6 Å². The van der Waals surface area contributed by atoms with Crippen LogP contribution in [0.3, 0.4) is 0 Å². The molecule has 0 spiro atoms. The molecule has 1 amide bonds. The quantitative estimate of drug-likeness (QED) is 0.290. The molecule has 3 heterocycles. The van der Waals surface area contributed by atoms with Gasteiger partial charge >= 0.3 is 0 Å². The summed E-state index contributed by atoms with van der Waals surface area (Å²) in [5.41, 5.74) is 3.54. The number of pyridine rings is 1. The summed E-state index contributed by atoms with van der Waals surface area (Å²) in [5, 5.41) is 3.11. The predicted octanol–water partition coefficient (Wildman–Crippen LogP) is 3.90. The fourth-order valence-electron chi connectivity index (χ4n) is 4.97. The molecule has 1 N–H and O–H groups in total. The Morgan fingerprint density at radius 3 is 2.50 bits per heavy atom. The lowest BCUT2D eigenvalue weighted by Gasteiger charge is -2.26. The molecule has 1 atom stereocenters. The second-order valence-electron chi connectivity index (χ2n) is 9.73. The first kappa shape index (κ1) is 27.5. The highest BCUT2D eigenvalue weighted by atomic mass is 16.5. The molecule has 2 aromatic carbocycles. The molecule has 0 aliphatic carbocycles. The van der Waals surface area contributed by atoms with E-state index in [1.54, 1.807) is 14.2 Å². The number of rotatable bonds is 12. The van der Waals surface area contributed by atoms with Gasteiger partial charge in [-0.15, -0.1) is 0 Å². The lowest BCUT2D eigenvalue weighted by atomic mass is 9.91. The second-order valence-corrected chi connectivity index (χ2v) is 9.73. The Bertz CT molecular complexity index is 1380. The molecule has 210 valence electrons. The van der Waals surface area contributed by atoms with Crippen LogP contribution in [0.25, 0.3) is 5.65 Å². The Morgan fingerprint density at radius 1 is 1.02 bits per heavy atom. The predicted molar refractivity (Wildman–Crippen MR) is 152 cm³/mol. The molecule has 1 aliphatic rings. The fraction of sp³-hybridized carbons (Fsp3) is 0.355. The fourth-order valence-corrected chi connectivity index (χ4v) is 4.97. The highest BCUT2D eigenvalue weighted by molar-refractivity contribution is 5.77. The summed E-state index contributed by atoms with van der Waals surface area (Å²) in [4.78, 5) is 20.3. The first-order valence-corrected chi connectivity index (χ1v) is 13.6. The molecule has 40 heavy (non-hydrogen) atoms. The maximum Gasteiger partial charge on any atom is 0.221 e. The molecule has 1 aliphatic heterocycles. The SMILES string of the molecule is COc1cc(OC)cc(C(CC(=O)NCCN2CCOCC2)c2cnc3c(OCc4ccccc4)cccn23)c1. The van der Waals surface area contributed by atoms with E-state index in [-0.39, 0.29) is 18.2 Å². The highest BCUT2D eigenvalue weighted by Gasteiger charge is 2.24. The zero-order valence-corrected chi connectivity index (χ0v) is 23.0. The highest BCUT2D eigenvalue weighted by Crippen LogP contribution is 2.35. The zero-order valence-electron chi connectivity index (χ0n) is 23.0. The van der Waals surface area contributed by atoms with E-state index in [1.165, 1.54) is 0 Å². The third-order valence-corrected chi connectivity index (χ3v) is 7.14. The van der Waals surface area contributed by atoms with Gasteiger partial charge in [0.25, 0.3) is 0 Å². The van der Waals surface area contributed by atoms with Gasteiger partial charge in [-0.1, -0.05) is 30.3 Å². The number of ether oxygens (including phenoxy) is 4. The number of nitrogens with zero attached hydrogens (tertiary/aromatic N) is 3. The number of methoxy groups -OCH3 is 2. The Hall–Kier alpha value is -4.08. The molecule has 0 saturated carbocycles. The van der Waals surface area contributed by atoms with E-state index in [0.29, 0.717) is 36.0 Å². The van der Waals surface area contributed by atoms with Gasteiger partial charge in [-0.05, 0) is 35.4 Å². The molecule has 5 rings (SSSR count). The van der Waals surface area contributed by atoms with E-state index in [9.17, 15) is 4.79 Å². The van der Waals surface area contributed by atoms with E-state index in [4.69, 9.17) is 23.9 Å². The van der Waals surface area contributed by atoms with Crippen LogP contribution in [-0.4, -0.2) is 73.8 Å². The Balaban J connectivity index is 1.41. The van der Waals surface area contributed by atoms with Gasteiger partial charge in [0.15, 0.2) is 11.4 Å². The smallest absolute Gasteiger partial charge is 0.221 e. The van der Waals surface area contributed by atoms with Crippen molar-refractivity contribution >= 4 is 11.6 Å². The molecule has 9 nitrogen and oxygen atoms in total. The molecule has 2 aromatic heterocycles. The number of carbonyl (C=O) groups is 1. The van der Waals surface area contributed by atoms with Crippen LogP contribution in [0.1, 0.15) is 29.2 Å². The van der Waals surface area contributed by atoms with Crippen LogP contribution in [0.5, 0.6) is 17.2 Å². The zero-order chi connectivity index (χ0) is 27.7. The Labute approximate surface area is 234 Å². The van der Waals surface area contributed by atoms with Crippen LogP contribution in [-0.2, 0) is 16.1 Å². The van der Waals surface area contributed by atoms with Gasteiger partial charge in [0.2, 0.25) is 5.91 Å². The largest absolute Gasteiger partial charge is 0.497 e. The minimum absolute atomic E-state index is 0.0357. The van der Waals surface area contributed by atoms with E-state index in [0.717, 1.165) is 49.7 Å². The summed E-state index contributed by atoms with van der Waals surface area (Å²) in [6.07, 6.45) is 4.01. The maximum absolute atomic E-state index is 13.3. The first-order chi connectivity index (χ1) is 19.6. The van der Waals surface area contributed by atoms with Crippen molar-refractivity contribution in [2.45, 2.75) is 18.9 Å². The van der Waals surface area contributed by atoms with Crippen LogP contribution < -0.4 is 19.5 Å². The summed E-state index contributed by atoms with van der Waals surface area (Å²) in [6.45, 7) is 5.06. The molecule has 1 fully saturated rings. The molecular weight excluding hydrogens is 508 g/mol. The lowest BCUT2D eigenvalue weighted by molar-refractivity contribution is -0.121. The topological polar surface area (TPSA) is 86.6 Å². The number of fused-ring (bicyclic) bond motifs is 1. The van der Waals surface area contributed by atoms with Crippen molar-refractivity contribution in [3.05, 3.63) is 89.9 Å². The van der Waals surface area contributed by atoms with Crippen molar-refractivity contribution in [3.8, 4) is 17.2 Å². The van der Waals surface area contributed by atoms with Gasteiger partial charge in [0, 0.05) is 57.0 Å². The minimum Gasteiger partial charge on any atom is -0.497 e. The molecule has 0 bridgehead atoms. The number of nitrogens with one attached hydrogen (secondary N) is 1. The molecule has 9 heteroatoms. The third-order valence-electron chi connectivity index (χ3n) is 7.14. The maximum atomic E-state index is 13.3. The number of imidazole rings is 1. The van der Waals surface area contributed by atoms with Gasteiger partial charge < -0.3 is 28.7 Å². The van der Waals surface area contributed by atoms with E-state index in [2.05, 4.69) is 10.2 Å². The second kappa shape index (κ2) is 13.3. The molecule has 1 saturated heterocycles. The summed E-state index contributed by atoms with van der Waals surface area (Å²) in [7, 11) is 3.24. The lowest BCUT2D eigenvalue weighted by Crippen LogP contribution is -2.41. The van der Waals surface area contributed by atoms with Crippen molar-refractivity contribution in [3.63, 3.8) is 0 Å². The average molecular weight is 545 g/mol. The van der Waals surface area contributed by atoms with Crippen LogP contribution >= 0.6 is 0 Å². The number of amides is 1. The van der Waals surface area contributed by atoms with Crippen molar-refractivity contribution < 1.29 is 23.7 Å².